The number of nitrogens with zero attached hydrogens (tertiary/aromatic N) is 1. The van der Waals surface area contributed by atoms with Gasteiger partial charge in [0.1, 0.15) is 10.9 Å². The van der Waals surface area contributed by atoms with E-state index in [-0.39, 0.29) is 11.3 Å². The van der Waals surface area contributed by atoms with Gasteiger partial charge in [-0.1, -0.05) is 0 Å². The fourth-order valence-corrected chi connectivity index (χ4v) is 1.49. The van der Waals surface area contributed by atoms with Gasteiger partial charge >= 0.3 is 0 Å². The molecule has 0 atom stereocenters. The van der Waals surface area contributed by atoms with Crippen molar-refractivity contribution in [2.75, 3.05) is 6.61 Å². The van der Waals surface area contributed by atoms with Gasteiger partial charge in [0.25, 0.3) is 5.56 Å². The van der Waals surface area contributed by atoms with E-state index in [0.717, 1.165) is 0 Å². The highest BCUT2D eigenvalue weighted by Crippen LogP contribution is 2.29. The third kappa shape index (κ3) is 2.09. The molecule has 14 heavy (non-hydrogen) atoms. The third-order valence-corrected chi connectivity index (χ3v) is 2.44. The summed E-state index contributed by atoms with van der Waals surface area (Å²) in [5, 5.41) is 0.368. The van der Waals surface area contributed by atoms with Crippen molar-refractivity contribution >= 4 is 12.6 Å². The summed E-state index contributed by atoms with van der Waals surface area (Å²) in [6, 6.07) is 0. The van der Waals surface area contributed by atoms with Gasteiger partial charge in [-0.25, -0.2) is 4.98 Å². The van der Waals surface area contributed by atoms with Crippen LogP contribution in [0.2, 0.25) is 0 Å². The second kappa shape index (κ2) is 3.65. The van der Waals surface area contributed by atoms with Crippen molar-refractivity contribution in [2.45, 2.75) is 24.8 Å². The zero-order chi connectivity index (χ0) is 10.1. The first kappa shape index (κ1) is 9.58. The molecular formula is C9H12N2O2S. The summed E-state index contributed by atoms with van der Waals surface area (Å²) < 4.78 is 5.36. The van der Waals surface area contributed by atoms with Crippen molar-refractivity contribution in [2.24, 2.45) is 5.92 Å². The Hall–Kier alpha value is -0.970. The van der Waals surface area contributed by atoms with E-state index in [2.05, 4.69) is 22.6 Å². The van der Waals surface area contributed by atoms with Crippen molar-refractivity contribution in [1.29, 1.82) is 0 Å². The maximum Gasteiger partial charge on any atom is 0.294 e. The number of rotatable bonds is 3. The van der Waals surface area contributed by atoms with Gasteiger partial charge in [-0.3, -0.25) is 4.79 Å². The SMILES string of the molecule is Cc1nc(S)c(OCC2CC2)c(=O)[nH]1. The van der Waals surface area contributed by atoms with Crippen LogP contribution in [0.4, 0.5) is 0 Å². The van der Waals surface area contributed by atoms with Gasteiger partial charge in [-0.05, 0) is 25.7 Å². The molecule has 0 bridgehead atoms. The van der Waals surface area contributed by atoms with E-state index < -0.39 is 0 Å². The van der Waals surface area contributed by atoms with Gasteiger partial charge in [-0.2, -0.15) is 0 Å². The number of thiol groups is 1. The average molecular weight is 212 g/mol. The molecule has 0 saturated heterocycles. The summed E-state index contributed by atoms with van der Waals surface area (Å²) in [6.45, 7) is 2.31. The second-order valence-electron chi connectivity index (χ2n) is 3.56. The summed E-state index contributed by atoms with van der Waals surface area (Å²) in [5.41, 5.74) is -0.247. The number of ether oxygens (including phenoxy) is 1. The maximum absolute atomic E-state index is 11.4. The Morgan fingerprint density at radius 1 is 1.64 bits per heavy atom. The Morgan fingerprint density at radius 2 is 2.36 bits per heavy atom. The number of hydrogen-bond donors (Lipinski definition) is 2. The molecule has 1 heterocycles. The normalized spacial score (nSPS) is 15.6. The van der Waals surface area contributed by atoms with E-state index in [4.69, 9.17) is 4.74 Å². The van der Waals surface area contributed by atoms with Crippen LogP contribution >= 0.6 is 12.6 Å². The highest BCUT2D eigenvalue weighted by Gasteiger charge is 2.23. The van der Waals surface area contributed by atoms with Crippen LogP contribution in [-0.2, 0) is 0 Å². The minimum Gasteiger partial charge on any atom is -0.486 e. The van der Waals surface area contributed by atoms with Gasteiger partial charge in [-0.15, -0.1) is 12.6 Å². The summed E-state index contributed by atoms with van der Waals surface area (Å²) >= 11 is 4.10. The quantitative estimate of drug-likeness (QED) is 0.584. The van der Waals surface area contributed by atoms with Gasteiger partial charge < -0.3 is 9.72 Å². The van der Waals surface area contributed by atoms with Crippen LogP contribution in [0.3, 0.4) is 0 Å². The predicted molar refractivity (Wildman–Crippen MR) is 55.1 cm³/mol. The first-order valence-electron chi connectivity index (χ1n) is 4.59. The van der Waals surface area contributed by atoms with E-state index >= 15 is 0 Å². The van der Waals surface area contributed by atoms with Gasteiger partial charge in [0.2, 0.25) is 5.75 Å². The lowest BCUT2D eigenvalue weighted by atomic mass is 10.4. The predicted octanol–water partition coefficient (Wildman–Crippen LogP) is 1.16. The zero-order valence-corrected chi connectivity index (χ0v) is 8.80. The molecule has 1 fully saturated rings. The van der Waals surface area contributed by atoms with Crippen molar-refractivity contribution in [3.63, 3.8) is 0 Å². The number of aromatic amines is 1. The zero-order valence-electron chi connectivity index (χ0n) is 7.91. The van der Waals surface area contributed by atoms with Gasteiger partial charge in [0, 0.05) is 0 Å². The van der Waals surface area contributed by atoms with Gasteiger partial charge in [0.05, 0.1) is 6.61 Å². The minimum atomic E-state index is -0.247. The molecule has 0 amide bonds. The van der Waals surface area contributed by atoms with Crippen molar-refractivity contribution in [1.82, 2.24) is 9.97 Å². The number of aryl methyl sites for hydroxylation is 1. The highest BCUT2D eigenvalue weighted by molar-refractivity contribution is 7.80. The molecular weight excluding hydrogens is 200 g/mol. The molecule has 4 nitrogen and oxygen atoms in total. The Morgan fingerprint density at radius 3 is 2.93 bits per heavy atom. The molecule has 0 spiro atoms. The van der Waals surface area contributed by atoms with Crippen molar-refractivity contribution in [3.8, 4) is 5.75 Å². The molecule has 1 N–H and O–H groups in total. The van der Waals surface area contributed by atoms with Gasteiger partial charge in [0.15, 0.2) is 0 Å². The first-order chi connectivity index (χ1) is 6.66. The Balaban J connectivity index is 2.18. The Kier molecular flexibility index (Phi) is 2.50. The van der Waals surface area contributed by atoms with E-state index in [1.165, 1.54) is 12.8 Å². The standard InChI is InChI=1S/C9H12N2O2S/c1-5-10-8(12)7(9(14)11-5)13-4-6-2-3-6/h6H,2-4H2,1H3,(H2,10,11,12,14). The molecule has 0 unspecified atom stereocenters. The Bertz CT molecular complexity index is 398. The number of hydrogen-bond acceptors (Lipinski definition) is 4. The molecule has 2 rings (SSSR count). The molecule has 5 heteroatoms. The van der Waals surface area contributed by atoms with Crippen molar-refractivity contribution in [3.05, 3.63) is 16.2 Å². The average Bonchev–Trinajstić information content (AvgIpc) is 2.85. The fourth-order valence-electron chi connectivity index (χ4n) is 1.18. The molecule has 1 saturated carbocycles. The van der Waals surface area contributed by atoms with Crippen LogP contribution in [0.1, 0.15) is 18.7 Å². The van der Waals surface area contributed by atoms with Crippen molar-refractivity contribution < 1.29 is 4.74 Å². The summed E-state index contributed by atoms with van der Waals surface area (Å²) in [6.07, 6.45) is 2.39. The Labute approximate surface area is 87.1 Å². The summed E-state index contributed by atoms with van der Waals surface area (Å²) in [5.74, 6) is 1.41. The smallest absolute Gasteiger partial charge is 0.294 e. The van der Waals surface area contributed by atoms with E-state index in [1.807, 2.05) is 0 Å². The fraction of sp³-hybridized carbons (Fsp3) is 0.556. The largest absolute Gasteiger partial charge is 0.486 e. The summed E-state index contributed by atoms with van der Waals surface area (Å²) in [7, 11) is 0. The lowest BCUT2D eigenvalue weighted by Gasteiger charge is -2.06. The highest BCUT2D eigenvalue weighted by atomic mass is 32.1. The van der Waals surface area contributed by atoms with Crippen LogP contribution in [0.15, 0.2) is 9.82 Å². The molecule has 0 aromatic carbocycles. The minimum absolute atomic E-state index is 0.242. The molecule has 0 radical (unpaired) electrons. The number of nitrogens with one attached hydrogen (secondary N) is 1. The number of aromatic nitrogens is 2. The van der Waals surface area contributed by atoms with Crippen LogP contribution in [0.25, 0.3) is 0 Å². The van der Waals surface area contributed by atoms with E-state index in [9.17, 15) is 4.79 Å². The molecule has 76 valence electrons. The summed E-state index contributed by atoms with van der Waals surface area (Å²) in [4.78, 5) is 18.0. The van der Waals surface area contributed by atoms with E-state index in [1.54, 1.807) is 6.92 Å². The lowest BCUT2D eigenvalue weighted by molar-refractivity contribution is 0.286. The van der Waals surface area contributed by atoms with E-state index in [0.29, 0.717) is 23.4 Å². The molecule has 1 aromatic heterocycles. The first-order valence-corrected chi connectivity index (χ1v) is 5.04. The molecule has 1 aromatic rings. The molecule has 1 aliphatic rings. The van der Waals surface area contributed by atoms with Crippen LogP contribution in [-0.4, -0.2) is 16.6 Å². The maximum atomic E-state index is 11.4. The van der Waals surface area contributed by atoms with Crippen LogP contribution in [0.5, 0.6) is 5.75 Å². The monoisotopic (exact) mass is 212 g/mol. The topological polar surface area (TPSA) is 55.0 Å². The van der Waals surface area contributed by atoms with Crippen LogP contribution < -0.4 is 10.3 Å². The van der Waals surface area contributed by atoms with Crippen LogP contribution in [0, 0.1) is 12.8 Å². The molecule has 1 aliphatic carbocycles. The second-order valence-corrected chi connectivity index (χ2v) is 3.98. The third-order valence-electron chi connectivity index (χ3n) is 2.14. The molecule has 0 aliphatic heterocycles. The number of H-pyrrole nitrogens is 1. The lowest BCUT2D eigenvalue weighted by Crippen LogP contribution is -2.15.